The summed E-state index contributed by atoms with van der Waals surface area (Å²) in [5.41, 5.74) is 2.90. The Morgan fingerprint density at radius 2 is 1.64 bits per heavy atom. The van der Waals surface area contributed by atoms with Crippen molar-refractivity contribution in [2.24, 2.45) is 0 Å². The van der Waals surface area contributed by atoms with Gasteiger partial charge in [0.2, 0.25) is 0 Å². The summed E-state index contributed by atoms with van der Waals surface area (Å²) < 4.78 is 11.2. The third-order valence-corrected chi connectivity index (χ3v) is 4.36. The molecule has 0 aliphatic heterocycles. The molecule has 6 nitrogen and oxygen atoms in total. The number of hydrogen-bond donors (Lipinski definition) is 1. The molecule has 0 fully saturated rings. The van der Waals surface area contributed by atoms with Crippen LogP contribution >= 0.6 is 11.6 Å². The third kappa shape index (κ3) is 5.14. The predicted molar refractivity (Wildman–Crippen MR) is 109 cm³/mol. The average molecular weight is 399 g/mol. The van der Waals surface area contributed by atoms with E-state index in [1.807, 2.05) is 42.5 Å². The number of nitro benzene ring substituents is 1. The summed E-state index contributed by atoms with van der Waals surface area (Å²) in [5.74, 6) is 1.23. The topological polar surface area (TPSA) is 73.6 Å². The van der Waals surface area contributed by atoms with E-state index in [-0.39, 0.29) is 12.3 Å². The smallest absolute Gasteiger partial charge is 0.269 e. The normalized spacial score (nSPS) is 10.4. The van der Waals surface area contributed by atoms with E-state index in [2.05, 4.69) is 5.32 Å². The fourth-order valence-electron chi connectivity index (χ4n) is 2.59. The molecule has 0 spiro atoms. The van der Waals surface area contributed by atoms with Crippen LogP contribution in [0.1, 0.15) is 11.1 Å². The minimum absolute atomic E-state index is 0.0545. The minimum atomic E-state index is -0.426. The van der Waals surface area contributed by atoms with Crippen LogP contribution in [0.25, 0.3) is 0 Å². The molecule has 3 aromatic rings. The van der Waals surface area contributed by atoms with Crippen molar-refractivity contribution in [3.63, 3.8) is 0 Å². The van der Waals surface area contributed by atoms with Gasteiger partial charge in [0, 0.05) is 29.4 Å². The lowest BCUT2D eigenvalue weighted by atomic mass is 10.2. The molecule has 3 rings (SSSR count). The van der Waals surface area contributed by atoms with Crippen molar-refractivity contribution in [3.05, 3.63) is 93.0 Å². The molecule has 1 N–H and O–H groups in total. The highest BCUT2D eigenvalue weighted by Crippen LogP contribution is 2.29. The van der Waals surface area contributed by atoms with Crippen molar-refractivity contribution in [1.29, 1.82) is 0 Å². The van der Waals surface area contributed by atoms with Gasteiger partial charge in [-0.05, 0) is 59.7 Å². The number of rotatable bonds is 8. The number of benzene rings is 3. The molecular weight excluding hydrogens is 380 g/mol. The third-order valence-electron chi connectivity index (χ3n) is 4.11. The van der Waals surface area contributed by atoms with Crippen LogP contribution in [-0.2, 0) is 13.2 Å². The first-order chi connectivity index (χ1) is 13.5. The van der Waals surface area contributed by atoms with Crippen LogP contribution in [0.2, 0.25) is 5.02 Å². The second kappa shape index (κ2) is 9.10. The molecule has 0 aliphatic rings. The largest absolute Gasteiger partial charge is 0.493 e. The Balaban J connectivity index is 1.62. The number of nitrogens with zero attached hydrogens (tertiary/aromatic N) is 1. The summed E-state index contributed by atoms with van der Waals surface area (Å²) in [7, 11) is 1.59. The van der Waals surface area contributed by atoms with Crippen LogP contribution in [0.3, 0.4) is 0 Å². The number of ether oxygens (including phenoxy) is 2. The number of nitrogens with one attached hydrogen (secondary N) is 1. The Labute approximate surface area is 167 Å². The number of anilines is 1. The first-order valence-electron chi connectivity index (χ1n) is 8.57. The Morgan fingerprint density at radius 1 is 0.964 bits per heavy atom. The molecule has 0 aromatic heterocycles. The molecule has 0 saturated heterocycles. The molecule has 0 radical (unpaired) electrons. The van der Waals surface area contributed by atoms with Gasteiger partial charge in [0.05, 0.1) is 12.0 Å². The van der Waals surface area contributed by atoms with Gasteiger partial charge in [-0.15, -0.1) is 0 Å². The van der Waals surface area contributed by atoms with Crippen LogP contribution in [0.5, 0.6) is 11.5 Å². The van der Waals surface area contributed by atoms with Gasteiger partial charge in [0.1, 0.15) is 6.61 Å². The minimum Gasteiger partial charge on any atom is -0.493 e. The van der Waals surface area contributed by atoms with E-state index in [0.717, 1.165) is 16.8 Å². The molecule has 28 heavy (non-hydrogen) atoms. The predicted octanol–water partition coefficient (Wildman–Crippen LogP) is 5.45. The molecule has 0 atom stereocenters. The van der Waals surface area contributed by atoms with E-state index in [0.29, 0.717) is 23.1 Å². The Kier molecular flexibility index (Phi) is 6.34. The van der Waals surface area contributed by atoms with Crippen molar-refractivity contribution in [2.45, 2.75) is 13.2 Å². The van der Waals surface area contributed by atoms with E-state index in [9.17, 15) is 10.1 Å². The number of non-ortho nitro benzene ring substituents is 1. The molecular formula is C21H19ClN2O4. The lowest BCUT2D eigenvalue weighted by Crippen LogP contribution is -2.02. The van der Waals surface area contributed by atoms with Gasteiger partial charge in [-0.3, -0.25) is 10.1 Å². The first kappa shape index (κ1) is 19.5. The SMILES string of the molecule is COc1cc(CNc2ccc(Cl)cc2)ccc1OCc1ccc([N+](=O)[O-])cc1. The van der Waals surface area contributed by atoms with Gasteiger partial charge in [-0.25, -0.2) is 0 Å². The van der Waals surface area contributed by atoms with Crippen LogP contribution in [0, 0.1) is 10.1 Å². The highest BCUT2D eigenvalue weighted by atomic mass is 35.5. The van der Waals surface area contributed by atoms with Gasteiger partial charge < -0.3 is 14.8 Å². The van der Waals surface area contributed by atoms with Gasteiger partial charge in [-0.2, -0.15) is 0 Å². The highest BCUT2D eigenvalue weighted by molar-refractivity contribution is 6.30. The van der Waals surface area contributed by atoms with Crippen molar-refractivity contribution in [1.82, 2.24) is 0 Å². The summed E-state index contributed by atoms with van der Waals surface area (Å²) >= 11 is 5.89. The number of nitro groups is 1. The zero-order chi connectivity index (χ0) is 19.9. The van der Waals surface area contributed by atoms with Crippen LogP contribution in [0.4, 0.5) is 11.4 Å². The maximum Gasteiger partial charge on any atom is 0.269 e. The maximum absolute atomic E-state index is 10.7. The zero-order valence-electron chi connectivity index (χ0n) is 15.2. The molecule has 0 bridgehead atoms. The van der Waals surface area contributed by atoms with Crippen LogP contribution in [0.15, 0.2) is 66.7 Å². The molecule has 0 saturated carbocycles. The van der Waals surface area contributed by atoms with Gasteiger partial charge in [0.25, 0.3) is 5.69 Å². The summed E-state index contributed by atoms with van der Waals surface area (Å²) in [4.78, 5) is 10.3. The second-order valence-corrected chi connectivity index (χ2v) is 6.49. The molecule has 0 amide bonds. The first-order valence-corrected chi connectivity index (χ1v) is 8.95. The summed E-state index contributed by atoms with van der Waals surface area (Å²) in [5, 5.41) is 14.7. The van der Waals surface area contributed by atoms with E-state index >= 15 is 0 Å². The van der Waals surface area contributed by atoms with Crippen LogP contribution in [-0.4, -0.2) is 12.0 Å². The van der Waals surface area contributed by atoms with E-state index in [1.54, 1.807) is 19.2 Å². The number of halogens is 1. The fraction of sp³-hybridized carbons (Fsp3) is 0.143. The van der Waals surface area contributed by atoms with Crippen molar-refractivity contribution in [2.75, 3.05) is 12.4 Å². The summed E-state index contributed by atoms with van der Waals surface area (Å²) in [6.45, 7) is 0.914. The second-order valence-electron chi connectivity index (χ2n) is 6.06. The van der Waals surface area contributed by atoms with Gasteiger partial charge >= 0.3 is 0 Å². The Morgan fingerprint density at radius 3 is 2.29 bits per heavy atom. The van der Waals surface area contributed by atoms with E-state index in [1.165, 1.54) is 12.1 Å². The van der Waals surface area contributed by atoms with Gasteiger partial charge in [-0.1, -0.05) is 17.7 Å². The fourth-order valence-corrected chi connectivity index (χ4v) is 2.71. The quantitative estimate of drug-likeness (QED) is 0.403. The van der Waals surface area contributed by atoms with Crippen molar-refractivity contribution in [3.8, 4) is 11.5 Å². The average Bonchev–Trinajstić information content (AvgIpc) is 2.72. The Hall–Kier alpha value is -3.25. The van der Waals surface area contributed by atoms with Crippen molar-refractivity contribution < 1.29 is 14.4 Å². The molecule has 0 unspecified atom stereocenters. The molecule has 144 valence electrons. The molecule has 0 aliphatic carbocycles. The molecule has 7 heteroatoms. The summed E-state index contributed by atoms with van der Waals surface area (Å²) in [6, 6.07) is 19.5. The Bertz CT molecular complexity index is 944. The standard InChI is InChI=1S/C21H19ClN2O4/c1-27-21-12-16(13-23-18-7-5-17(22)6-8-18)4-11-20(21)28-14-15-2-9-19(10-3-15)24(25)26/h2-12,23H,13-14H2,1H3. The van der Waals surface area contributed by atoms with E-state index < -0.39 is 4.92 Å². The molecule has 0 heterocycles. The number of methoxy groups -OCH3 is 1. The highest BCUT2D eigenvalue weighted by Gasteiger charge is 2.08. The van der Waals surface area contributed by atoms with Crippen LogP contribution < -0.4 is 14.8 Å². The summed E-state index contributed by atoms with van der Waals surface area (Å²) in [6.07, 6.45) is 0. The monoisotopic (exact) mass is 398 g/mol. The number of hydrogen-bond acceptors (Lipinski definition) is 5. The lowest BCUT2D eigenvalue weighted by Gasteiger charge is -2.13. The van der Waals surface area contributed by atoms with E-state index in [4.69, 9.17) is 21.1 Å². The van der Waals surface area contributed by atoms with Gasteiger partial charge in [0.15, 0.2) is 11.5 Å². The lowest BCUT2D eigenvalue weighted by molar-refractivity contribution is -0.384. The van der Waals surface area contributed by atoms with Crippen molar-refractivity contribution >= 4 is 23.0 Å². The zero-order valence-corrected chi connectivity index (χ0v) is 16.0. The maximum atomic E-state index is 10.7. The molecule has 3 aromatic carbocycles.